The Morgan fingerprint density at radius 1 is 1.04 bits per heavy atom. The van der Waals surface area contributed by atoms with Crippen molar-refractivity contribution in [1.82, 2.24) is 0 Å². The molecule has 0 N–H and O–H groups in total. The molecule has 5 heteroatoms. The predicted molar refractivity (Wildman–Crippen MR) is 111 cm³/mol. The van der Waals surface area contributed by atoms with Crippen LogP contribution in [0.4, 0.5) is 0 Å². The van der Waals surface area contributed by atoms with Crippen LogP contribution >= 0.6 is 22.7 Å². The predicted octanol–water partition coefficient (Wildman–Crippen LogP) is 6.17. The van der Waals surface area contributed by atoms with Crippen LogP contribution in [0.25, 0.3) is 21.0 Å². The van der Waals surface area contributed by atoms with E-state index in [9.17, 15) is 15.3 Å². The van der Waals surface area contributed by atoms with Crippen LogP contribution in [0.3, 0.4) is 0 Å². The molecule has 0 fully saturated rings. The lowest BCUT2D eigenvalue weighted by Gasteiger charge is -2.01. The molecule has 130 valence electrons. The highest BCUT2D eigenvalue weighted by Gasteiger charge is 2.32. The first-order valence-corrected chi connectivity index (χ1v) is 10.1. The maximum atomic E-state index is 12.9. The fourth-order valence-corrected chi connectivity index (χ4v) is 5.58. The smallest absolute Gasteiger partial charge is 0.194 e. The number of thiophene rings is 2. The molecule has 0 atom stereocenters. The van der Waals surface area contributed by atoms with Crippen molar-refractivity contribution in [3.8, 4) is 12.1 Å². The summed E-state index contributed by atoms with van der Waals surface area (Å²) < 4.78 is 2.40. The van der Waals surface area contributed by atoms with E-state index in [1.54, 1.807) is 40.9 Å². The van der Waals surface area contributed by atoms with E-state index in [1.165, 1.54) is 14.3 Å². The zero-order valence-corrected chi connectivity index (χ0v) is 16.4. The van der Waals surface area contributed by atoms with Crippen molar-refractivity contribution in [2.24, 2.45) is 0 Å². The molecular formula is C22H14N2OS2. The Hall–Kier alpha value is -2.99. The minimum absolute atomic E-state index is 0.0278. The molecular weight excluding hydrogens is 372 g/mol. The average Bonchev–Trinajstić information content (AvgIpc) is 3.29. The maximum absolute atomic E-state index is 12.9. The topological polar surface area (TPSA) is 64.7 Å². The van der Waals surface area contributed by atoms with E-state index < -0.39 is 0 Å². The van der Waals surface area contributed by atoms with Gasteiger partial charge in [-0.05, 0) is 29.7 Å². The first-order valence-electron chi connectivity index (χ1n) is 8.47. The van der Waals surface area contributed by atoms with Crippen LogP contribution in [-0.4, -0.2) is 5.78 Å². The number of hydrogen-bond acceptors (Lipinski definition) is 5. The van der Waals surface area contributed by atoms with Crippen molar-refractivity contribution in [2.75, 3.05) is 0 Å². The largest absolute Gasteiger partial charge is 0.289 e. The van der Waals surface area contributed by atoms with Crippen LogP contribution < -0.4 is 0 Å². The standard InChI is InChI=1S/C22H14N2OS2/c1-12(2)18-9-20-19(27-18)8-14(26-20)7-17-21(13(10-23)11-24)15-5-3-4-6-16(15)22(17)25/h3-9,12H,1-2H3/b17-7-. The summed E-state index contributed by atoms with van der Waals surface area (Å²) in [6.45, 7) is 4.35. The van der Waals surface area contributed by atoms with E-state index in [1.807, 2.05) is 24.3 Å². The Morgan fingerprint density at radius 2 is 1.70 bits per heavy atom. The SMILES string of the molecule is CC(C)c1cc2sc(/C=C3\C(=O)c4ccccc4C3=C(C#N)C#N)cc2s1. The summed E-state index contributed by atoms with van der Waals surface area (Å²) in [5.74, 6) is 0.355. The Bertz CT molecular complexity index is 1190. The Morgan fingerprint density at radius 3 is 2.33 bits per heavy atom. The summed E-state index contributed by atoms with van der Waals surface area (Å²) in [7, 11) is 0. The van der Waals surface area contributed by atoms with Crippen LogP contribution in [0.15, 0.2) is 47.5 Å². The van der Waals surface area contributed by atoms with Crippen molar-refractivity contribution in [3.63, 3.8) is 0 Å². The zero-order valence-electron chi connectivity index (χ0n) is 14.7. The van der Waals surface area contributed by atoms with E-state index in [0.29, 0.717) is 28.2 Å². The zero-order chi connectivity index (χ0) is 19.1. The van der Waals surface area contributed by atoms with E-state index >= 15 is 0 Å². The van der Waals surface area contributed by atoms with E-state index in [-0.39, 0.29) is 11.4 Å². The van der Waals surface area contributed by atoms with Gasteiger partial charge in [-0.15, -0.1) is 22.7 Å². The van der Waals surface area contributed by atoms with Crippen LogP contribution in [0.5, 0.6) is 0 Å². The van der Waals surface area contributed by atoms with Gasteiger partial charge in [0.05, 0.1) is 0 Å². The summed E-state index contributed by atoms with van der Waals surface area (Å²) in [6, 6.07) is 15.3. The van der Waals surface area contributed by atoms with Gasteiger partial charge in [0.2, 0.25) is 0 Å². The van der Waals surface area contributed by atoms with E-state index in [4.69, 9.17) is 0 Å². The van der Waals surface area contributed by atoms with Crippen molar-refractivity contribution < 1.29 is 4.79 Å². The third kappa shape index (κ3) is 2.82. The second-order valence-corrected chi connectivity index (χ2v) is 8.82. The highest BCUT2D eigenvalue weighted by Crippen LogP contribution is 2.42. The summed E-state index contributed by atoms with van der Waals surface area (Å²) in [5, 5.41) is 18.8. The van der Waals surface area contributed by atoms with Gasteiger partial charge in [-0.3, -0.25) is 4.79 Å². The van der Waals surface area contributed by atoms with Gasteiger partial charge in [-0.1, -0.05) is 38.1 Å². The molecule has 2 heterocycles. The van der Waals surface area contributed by atoms with Gasteiger partial charge >= 0.3 is 0 Å². The van der Waals surface area contributed by atoms with Crippen molar-refractivity contribution in [2.45, 2.75) is 19.8 Å². The van der Waals surface area contributed by atoms with Crippen LogP contribution in [-0.2, 0) is 0 Å². The molecule has 0 saturated heterocycles. The Kier molecular flexibility index (Phi) is 4.28. The molecule has 1 aliphatic rings. The molecule has 4 rings (SSSR count). The fraction of sp³-hybridized carbons (Fsp3) is 0.136. The molecule has 1 aromatic carbocycles. The van der Waals surface area contributed by atoms with Gasteiger partial charge < -0.3 is 0 Å². The second-order valence-electron chi connectivity index (χ2n) is 6.59. The number of benzene rings is 1. The molecule has 3 nitrogen and oxygen atoms in total. The van der Waals surface area contributed by atoms with Gasteiger partial charge in [-0.2, -0.15) is 10.5 Å². The molecule has 1 aliphatic carbocycles. The number of carbonyl (C=O) groups is 1. The van der Waals surface area contributed by atoms with Crippen LogP contribution in [0.1, 0.15) is 45.4 Å². The first-order chi connectivity index (χ1) is 13.0. The summed E-state index contributed by atoms with van der Waals surface area (Å²) in [5.41, 5.74) is 2.04. The molecule has 0 radical (unpaired) electrons. The molecule has 27 heavy (non-hydrogen) atoms. The normalized spacial score (nSPS) is 14.6. The Labute approximate surface area is 165 Å². The molecule has 0 saturated carbocycles. The lowest BCUT2D eigenvalue weighted by atomic mass is 9.99. The van der Waals surface area contributed by atoms with Crippen LogP contribution in [0, 0.1) is 22.7 Å². The van der Waals surface area contributed by atoms with E-state index in [0.717, 1.165) is 4.88 Å². The van der Waals surface area contributed by atoms with Gasteiger partial charge in [-0.25, -0.2) is 0 Å². The highest BCUT2D eigenvalue weighted by molar-refractivity contribution is 7.28. The number of allylic oxidation sites excluding steroid dienone is 3. The molecule has 2 aromatic heterocycles. The molecule has 0 unspecified atom stereocenters. The quantitative estimate of drug-likeness (QED) is 0.391. The van der Waals surface area contributed by atoms with Gasteiger partial charge in [0, 0.05) is 35.9 Å². The third-order valence-corrected chi connectivity index (χ3v) is 7.07. The number of Topliss-reactive ketones (excluding diaryl/α,β-unsaturated/α-hetero) is 1. The first kappa shape index (κ1) is 17.4. The molecule has 3 aromatic rings. The van der Waals surface area contributed by atoms with Gasteiger partial charge in [0.1, 0.15) is 17.7 Å². The van der Waals surface area contributed by atoms with E-state index in [2.05, 4.69) is 26.0 Å². The lowest BCUT2D eigenvalue weighted by molar-refractivity contribution is 0.104. The third-order valence-electron chi connectivity index (χ3n) is 4.53. The molecule has 0 bridgehead atoms. The monoisotopic (exact) mass is 386 g/mol. The average molecular weight is 387 g/mol. The number of fused-ring (bicyclic) bond motifs is 2. The summed E-state index contributed by atoms with van der Waals surface area (Å²) >= 11 is 3.39. The number of ketones is 1. The van der Waals surface area contributed by atoms with Crippen LogP contribution in [0.2, 0.25) is 0 Å². The number of nitrogens with zero attached hydrogens (tertiary/aromatic N) is 2. The fourth-order valence-electron chi connectivity index (χ4n) is 3.22. The maximum Gasteiger partial charge on any atom is 0.194 e. The van der Waals surface area contributed by atoms with Gasteiger partial charge in [0.25, 0.3) is 0 Å². The van der Waals surface area contributed by atoms with Gasteiger partial charge in [0.15, 0.2) is 5.78 Å². The minimum atomic E-state index is -0.136. The molecule has 0 spiro atoms. The number of carbonyl (C=O) groups excluding carboxylic acids is 1. The molecule has 0 aliphatic heterocycles. The van der Waals surface area contributed by atoms with Crippen molar-refractivity contribution in [1.29, 1.82) is 10.5 Å². The lowest BCUT2D eigenvalue weighted by Crippen LogP contribution is -1.95. The van der Waals surface area contributed by atoms with Crippen molar-refractivity contribution >= 4 is 49.5 Å². The summed E-state index contributed by atoms with van der Waals surface area (Å²) in [6.07, 6.45) is 1.82. The second kappa shape index (κ2) is 6.63. The van der Waals surface area contributed by atoms with Crippen molar-refractivity contribution in [3.05, 3.63) is 68.4 Å². The minimum Gasteiger partial charge on any atom is -0.289 e. The highest BCUT2D eigenvalue weighted by atomic mass is 32.1. The summed E-state index contributed by atoms with van der Waals surface area (Å²) in [4.78, 5) is 15.2. The Balaban J connectivity index is 1.88. The number of nitriles is 2. The number of rotatable bonds is 2. The number of hydrogen-bond donors (Lipinski definition) is 0. The molecule has 0 amide bonds.